The number of aryl methyl sites for hydroxylation is 1. The van der Waals surface area contributed by atoms with Gasteiger partial charge in [-0.25, -0.2) is 4.98 Å². The molecule has 226 valence electrons. The molecule has 1 aliphatic heterocycles. The van der Waals surface area contributed by atoms with Crippen molar-refractivity contribution >= 4 is 22.4 Å². The van der Waals surface area contributed by atoms with Crippen molar-refractivity contribution in [3.63, 3.8) is 0 Å². The molecule has 1 fully saturated rings. The van der Waals surface area contributed by atoms with Gasteiger partial charge in [0.05, 0.1) is 17.6 Å². The summed E-state index contributed by atoms with van der Waals surface area (Å²) in [6.45, 7) is 17.1. The number of anilines is 1. The molecule has 1 aliphatic rings. The first-order valence-corrected chi connectivity index (χ1v) is 16.2. The van der Waals surface area contributed by atoms with Crippen molar-refractivity contribution in [2.24, 2.45) is 5.73 Å². The molecule has 0 aliphatic carbocycles. The molecular weight excluding hydrogens is 502 g/mol. The number of H-pyrrole nitrogens is 1. The van der Waals surface area contributed by atoms with Crippen LogP contribution in [0.1, 0.15) is 115 Å². The molecule has 4 rings (SSSR count). The van der Waals surface area contributed by atoms with Crippen LogP contribution in [0, 0.1) is 0 Å². The van der Waals surface area contributed by atoms with Crippen molar-refractivity contribution < 1.29 is 0 Å². The Bertz CT molecular complexity index is 1130. The van der Waals surface area contributed by atoms with Crippen molar-refractivity contribution in [2.75, 3.05) is 18.4 Å². The van der Waals surface area contributed by atoms with Crippen LogP contribution in [0.2, 0.25) is 0 Å². The van der Waals surface area contributed by atoms with Crippen molar-refractivity contribution in [1.82, 2.24) is 14.9 Å². The van der Waals surface area contributed by atoms with Gasteiger partial charge in [-0.1, -0.05) is 116 Å². The summed E-state index contributed by atoms with van der Waals surface area (Å²) < 4.78 is 0. The largest absolute Gasteiger partial charge is 0.405 e. The molecule has 0 atom stereocenters. The molecule has 0 radical (unpaired) electrons. The molecule has 0 amide bonds. The monoisotopic (exact) mass is 559 g/mol. The van der Waals surface area contributed by atoms with Gasteiger partial charge in [0.15, 0.2) is 0 Å². The maximum absolute atomic E-state index is 4.80. The molecule has 2 aromatic carbocycles. The molecule has 0 unspecified atom stereocenters. The van der Waals surface area contributed by atoms with Crippen molar-refractivity contribution in [3.05, 3.63) is 78.8 Å². The molecule has 4 N–H and O–H groups in total. The van der Waals surface area contributed by atoms with Crippen LogP contribution in [-0.2, 0) is 13.0 Å². The van der Waals surface area contributed by atoms with E-state index in [9.17, 15) is 0 Å². The van der Waals surface area contributed by atoms with E-state index in [0.29, 0.717) is 0 Å². The van der Waals surface area contributed by atoms with Crippen LogP contribution < -0.4 is 11.1 Å². The average molecular weight is 560 g/mol. The highest BCUT2D eigenvalue weighted by atomic mass is 15.2. The van der Waals surface area contributed by atoms with Gasteiger partial charge in [-0.05, 0) is 68.7 Å². The lowest BCUT2D eigenvalue weighted by atomic mass is 9.98. The second kappa shape index (κ2) is 20.8. The molecule has 5 heteroatoms. The highest BCUT2D eigenvalue weighted by molar-refractivity contribution is 5.84. The lowest BCUT2D eigenvalue weighted by Gasteiger charge is -2.14. The predicted octanol–water partition coefficient (Wildman–Crippen LogP) is 9.82. The quantitative estimate of drug-likeness (QED) is 0.153. The third-order valence-electron chi connectivity index (χ3n) is 7.54. The predicted molar refractivity (Wildman–Crippen MR) is 181 cm³/mol. The van der Waals surface area contributed by atoms with Gasteiger partial charge >= 0.3 is 0 Å². The van der Waals surface area contributed by atoms with Gasteiger partial charge < -0.3 is 16.0 Å². The van der Waals surface area contributed by atoms with Crippen LogP contribution in [0.5, 0.6) is 0 Å². The van der Waals surface area contributed by atoms with E-state index < -0.39 is 0 Å². The zero-order chi connectivity index (χ0) is 29.7. The number of likely N-dealkylation sites (tertiary alicyclic amines) is 1. The van der Waals surface area contributed by atoms with Crippen LogP contribution in [0.4, 0.5) is 5.69 Å². The number of hydrogen-bond acceptors (Lipinski definition) is 4. The summed E-state index contributed by atoms with van der Waals surface area (Å²) in [5.74, 6) is 1.06. The summed E-state index contributed by atoms with van der Waals surface area (Å²) in [4.78, 5) is 10.8. The minimum absolute atomic E-state index is 0.913. The standard InChI is InChI=1S/C32H46N4.C2H5N.C2H6/c1-3-4-5-6-7-8-9-10-11-12-17-27-18-13-14-19-29(27)26(2)33-28-20-21-30-31(24-28)35-32(34-30)25-36-22-15-16-23-36;1-2-3;1-2/h13-14,18-21,24,33H,2-12,15-17,22-23,25H2,1H3,(H,34,35);2H,1,3H2;1-2H3. The van der Waals surface area contributed by atoms with Crippen LogP contribution in [0.25, 0.3) is 16.7 Å². The molecule has 1 saturated heterocycles. The van der Waals surface area contributed by atoms with E-state index in [1.807, 2.05) is 13.8 Å². The van der Waals surface area contributed by atoms with Crippen molar-refractivity contribution in [1.29, 1.82) is 0 Å². The summed E-state index contributed by atoms with van der Waals surface area (Å²) >= 11 is 0. The first-order chi connectivity index (χ1) is 20.1. The van der Waals surface area contributed by atoms with Crippen LogP contribution in [-0.4, -0.2) is 28.0 Å². The second-order valence-electron chi connectivity index (χ2n) is 10.8. The molecule has 0 bridgehead atoms. The zero-order valence-corrected chi connectivity index (χ0v) is 26.3. The van der Waals surface area contributed by atoms with Gasteiger partial charge in [0.1, 0.15) is 5.82 Å². The third-order valence-corrected chi connectivity index (χ3v) is 7.54. The molecular formula is C36H57N5. The Hall–Kier alpha value is -3.05. The number of imidazole rings is 1. The maximum atomic E-state index is 4.80. The smallest absolute Gasteiger partial charge is 0.121 e. The van der Waals surface area contributed by atoms with E-state index in [-0.39, 0.29) is 0 Å². The summed E-state index contributed by atoms with van der Waals surface area (Å²) in [5, 5.41) is 3.56. The van der Waals surface area contributed by atoms with E-state index in [4.69, 9.17) is 4.98 Å². The Labute approximate surface area is 250 Å². The summed E-state index contributed by atoms with van der Waals surface area (Å²) in [6, 6.07) is 15.1. The fourth-order valence-electron chi connectivity index (χ4n) is 5.44. The number of benzene rings is 2. The van der Waals surface area contributed by atoms with Crippen LogP contribution in [0.3, 0.4) is 0 Å². The number of unbranched alkanes of at least 4 members (excludes halogenated alkanes) is 9. The number of nitrogens with zero attached hydrogens (tertiary/aromatic N) is 2. The molecule has 3 aromatic rings. The SMILES string of the molecule is C=C(Nc1ccc2nc(CN3CCCC3)[nH]c2c1)c1ccccc1CCCCCCCCCCCC.C=CN.CC. The van der Waals surface area contributed by atoms with Gasteiger partial charge in [-0.2, -0.15) is 0 Å². The minimum Gasteiger partial charge on any atom is -0.405 e. The molecule has 5 nitrogen and oxygen atoms in total. The summed E-state index contributed by atoms with van der Waals surface area (Å²) in [7, 11) is 0. The molecule has 41 heavy (non-hydrogen) atoms. The van der Waals surface area contributed by atoms with E-state index in [0.717, 1.165) is 41.2 Å². The number of nitrogens with one attached hydrogen (secondary N) is 2. The second-order valence-corrected chi connectivity index (χ2v) is 10.8. The van der Waals surface area contributed by atoms with E-state index in [1.165, 1.54) is 107 Å². The average Bonchev–Trinajstić information content (AvgIpc) is 3.65. The number of aromatic nitrogens is 2. The molecule has 0 spiro atoms. The van der Waals surface area contributed by atoms with Crippen molar-refractivity contribution in [2.45, 2.75) is 111 Å². The van der Waals surface area contributed by atoms with Gasteiger partial charge in [0.25, 0.3) is 0 Å². The number of rotatable bonds is 16. The number of nitrogens with two attached hydrogens (primary N) is 1. The summed E-state index contributed by atoms with van der Waals surface area (Å²) in [5.41, 5.74) is 11.4. The van der Waals surface area contributed by atoms with E-state index in [1.54, 1.807) is 0 Å². The van der Waals surface area contributed by atoms with Gasteiger partial charge in [-0.15, -0.1) is 0 Å². The maximum Gasteiger partial charge on any atom is 0.121 e. The Morgan fingerprint density at radius 1 is 0.951 bits per heavy atom. The summed E-state index contributed by atoms with van der Waals surface area (Å²) in [6.07, 6.45) is 18.7. The highest BCUT2D eigenvalue weighted by Gasteiger charge is 2.14. The first-order valence-electron chi connectivity index (χ1n) is 16.2. The molecule has 1 aromatic heterocycles. The van der Waals surface area contributed by atoms with Gasteiger partial charge in [0.2, 0.25) is 0 Å². The Morgan fingerprint density at radius 3 is 2.22 bits per heavy atom. The van der Waals surface area contributed by atoms with Crippen molar-refractivity contribution in [3.8, 4) is 0 Å². The minimum atomic E-state index is 0.913. The number of hydrogen-bond donors (Lipinski definition) is 3. The van der Waals surface area contributed by atoms with Crippen LogP contribution >= 0.6 is 0 Å². The third kappa shape index (κ3) is 12.6. The highest BCUT2D eigenvalue weighted by Crippen LogP contribution is 2.25. The van der Waals surface area contributed by atoms with E-state index in [2.05, 4.69) is 83.5 Å². The van der Waals surface area contributed by atoms with Crippen LogP contribution in [0.15, 0.2) is 61.8 Å². The lowest BCUT2D eigenvalue weighted by molar-refractivity contribution is 0.324. The first kappa shape index (κ1) is 34.2. The fraction of sp³-hybridized carbons (Fsp3) is 0.528. The van der Waals surface area contributed by atoms with Gasteiger partial charge in [-0.3, -0.25) is 4.90 Å². The molecule has 0 saturated carbocycles. The van der Waals surface area contributed by atoms with Gasteiger partial charge in [0, 0.05) is 16.9 Å². The topological polar surface area (TPSA) is 70.0 Å². The number of aromatic amines is 1. The zero-order valence-electron chi connectivity index (χ0n) is 26.3. The molecule has 2 heterocycles. The normalized spacial score (nSPS) is 12.8. The fourth-order valence-corrected chi connectivity index (χ4v) is 5.44. The Balaban J connectivity index is 0.00000110. The number of fused-ring (bicyclic) bond motifs is 1. The Morgan fingerprint density at radius 2 is 1.56 bits per heavy atom. The van der Waals surface area contributed by atoms with E-state index >= 15 is 0 Å². The lowest BCUT2D eigenvalue weighted by Crippen LogP contribution is -2.19. The Kier molecular flexibility index (Phi) is 17.3.